The zero-order valence-electron chi connectivity index (χ0n) is 3.22. The van der Waals surface area contributed by atoms with Gasteiger partial charge in [0, 0.05) is 15.9 Å². The zero-order valence-corrected chi connectivity index (χ0v) is 4.81. The molecule has 7 heavy (non-hydrogen) atoms. The number of nitriles is 3. The van der Waals surface area contributed by atoms with E-state index in [1.807, 2.05) is 0 Å². The number of nitrogens with zero attached hydrogens (tertiary/aromatic N) is 3. The van der Waals surface area contributed by atoms with Crippen LogP contribution in [0.3, 0.4) is 0 Å². The van der Waals surface area contributed by atoms with Gasteiger partial charge in [0.05, 0.1) is 0 Å². The van der Waals surface area contributed by atoms with Gasteiger partial charge in [0.1, 0.15) is 4.98 Å². The van der Waals surface area contributed by atoms with E-state index in [1.165, 1.54) is 12.1 Å². The van der Waals surface area contributed by atoms with Crippen molar-refractivity contribution in [2.75, 3.05) is 0 Å². The topological polar surface area (TPSA) is 71.4 Å². The van der Waals surface area contributed by atoms with E-state index >= 15 is 0 Å². The van der Waals surface area contributed by atoms with Gasteiger partial charge in [-0.15, -0.1) is 0 Å². The smallest absolute Gasteiger partial charge is 0.181 e. The molecule has 0 aliphatic rings. The third-order valence-corrected chi connectivity index (χ3v) is 0.0500. The molecular weight excluding hydrogens is 158 g/mol. The molecule has 4 heteroatoms. The molecule has 0 saturated carbocycles. The molecular formula is C3BrN3. The van der Waals surface area contributed by atoms with Crippen molar-refractivity contribution in [2.24, 2.45) is 0 Å². The average molecular weight is 158 g/mol. The predicted octanol–water partition coefficient (Wildman–Crippen LogP) is 0.896. The Hall–Kier alpha value is -1.05. The summed E-state index contributed by atoms with van der Waals surface area (Å²) in [6.45, 7) is 0. The van der Waals surface area contributed by atoms with Gasteiger partial charge in [-0.05, 0) is 0 Å². The highest BCUT2D eigenvalue weighted by atomic mass is 79.9. The molecule has 0 spiro atoms. The molecule has 0 atom stereocenters. The Labute approximate surface area is 49.5 Å². The summed E-state index contributed by atoms with van der Waals surface area (Å²) in [7, 11) is 0. The van der Waals surface area contributed by atoms with E-state index in [9.17, 15) is 0 Å². The van der Waals surface area contributed by atoms with Crippen LogP contribution in [0.15, 0.2) is 0 Å². The quantitative estimate of drug-likeness (QED) is 0.525. The van der Waals surface area contributed by atoms with Crippen molar-refractivity contribution < 1.29 is 0 Å². The molecule has 0 saturated heterocycles. The fourth-order valence-electron chi connectivity index (χ4n) is 0. The third-order valence-electron chi connectivity index (χ3n) is 0.0500. The van der Waals surface area contributed by atoms with E-state index in [0.29, 0.717) is 0 Å². The first-order valence-corrected chi connectivity index (χ1v) is 1.90. The zero-order chi connectivity index (χ0) is 6.12. The van der Waals surface area contributed by atoms with E-state index in [1.54, 1.807) is 4.98 Å². The van der Waals surface area contributed by atoms with Crippen molar-refractivity contribution >= 4 is 15.9 Å². The van der Waals surface area contributed by atoms with Gasteiger partial charge >= 0.3 is 0 Å². The Morgan fingerprint density at radius 1 is 1.00 bits per heavy atom. The average Bonchev–Trinajstić information content (AvgIpc) is 1.69. The SMILES string of the molecule is N#CBr.N#CC#N. The summed E-state index contributed by atoms with van der Waals surface area (Å²) in [5.74, 6) is 0. The van der Waals surface area contributed by atoms with Gasteiger partial charge < -0.3 is 0 Å². The minimum Gasteiger partial charge on any atom is -0.185 e. The molecule has 0 amide bonds. The number of halogens is 1. The van der Waals surface area contributed by atoms with Gasteiger partial charge in [-0.25, -0.2) is 0 Å². The van der Waals surface area contributed by atoms with Gasteiger partial charge in [0.25, 0.3) is 0 Å². The summed E-state index contributed by atoms with van der Waals surface area (Å²) in [5.41, 5.74) is 0. The summed E-state index contributed by atoms with van der Waals surface area (Å²) < 4.78 is 0. The first-order valence-electron chi connectivity index (χ1n) is 1.11. The molecule has 0 fully saturated rings. The minimum atomic E-state index is 1.24. The van der Waals surface area contributed by atoms with Crippen molar-refractivity contribution in [2.45, 2.75) is 0 Å². The highest BCUT2D eigenvalue weighted by Crippen LogP contribution is 1.58. The van der Waals surface area contributed by atoms with E-state index in [-0.39, 0.29) is 0 Å². The predicted molar refractivity (Wildman–Crippen MR) is 25.8 cm³/mol. The third kappa shape index (κ3) is 17200. The summed E-state index contributed by atoms with van der Waals surface area (Å²) >= 11 is 2.45. The second-order valence-electron chi connectivity index (χ2n) is 0.308. The lowest BCUT2D eigenvalue weighted by molar-refractivity contribution is 1.49. The van der Waals surface area contributed by atoms with Crippen LogP contribution in [0.1, 0.15) is 0 Å². The van der Waals surface area contributed by atoms with Crippen LogP contribution >= 0.6 is 15.9 Å². The molecule has 0 aliphatic carbocycles. The molecule has 0 bridgehead atoms. The lowest BCUT2D eigenvalue weighted by atomic mass is 10.9. The molecule has 3 nitrogen and oxygen atoms in total. The van der Waals surface area contributed by atoms with E-state index in [0.717, 1.165) is 0 Å². The second kappa shape index (κ2) is 20.3. The monoisotopic (exact) mass is 157 g/mol. The second-order valence-corrected chi connectivity index (χ2v) is 0.663. The summed E-state index contributed by atoms with van der Waals surface area (Å²) in [4.78, 5) is 1.56. The number of hydrogen-bond donors (Lipinski definition) is 0. The maximum Gasteiger partial charge on any atom is 0.181 e. The largest absolute Gasteiger partial charge is 0.185 e. The maximum absolute atomic E-state index is 7.26. The first kappa shape index (κ1) is 9.34. The van der Waals surface area contributed by atoms with Crippen LogP contribution in [0, 0.1) is 32.9 Å². The van der Waals surface area contributed by atoms with Gasteiger partial charge in [-0.3, -0.25) is 0 Å². The lowest BCUT2D eigenvalue weighted by Gasteiger charge is -1.16. The molecule has 34 valence electrons. The van der Waals surface area contributed by atoms with Gasteiger partial charge in [-0.2, -0.15) is 15.8 Å². The molecule has 0 unspecified atom stereocenters. The van der Waals surface area contributed by atoms with Crippen molar-refractivity contribution in [1.82, 2.24) is 0 Å². The van der Waals surface area contributed by atoms with Crippen LogP contribution in [0.25, 0.3) is 0 Å². The Balaban J connectivity index is 0. The Morgan fingerprint density at radius 2 is 1.14 bits per heavy atom. The maximum atomic E-state index is 7.26. The molecule has 0 heterocycles. The fraction of sp³-hybridized carbons (Fsp3) is 0. The van der Waals surface area contributed by atoms with E-state index < -0.39 is 0 Å². The van der Waals surface area contributed by atoms with Gasteiger partial charge in [-0.1, -0.05) is 0 Å². The van der Waals surface area contributed by atoms with Crippen LogP contribution in [-0.2, 0) is 0 Å². The Kier molecular flexibility index (Phi) is 27.1. The summed E-state index contributed by atoms with van der Waals surface area (Å²) in [6.07, 6.45) is 0. The van der Waals surface area contributed by atoms with Crippen LogP contribution in [0.2, 0.25) is 0 Å². The molecule has 0 radical (unpaired) electrons. The molecule has 0 aromatic carbocycles. The van der Waals surface area contributed by atoms with Crippen LogP contribution in [0.5, 0.6) is 0 Å². The fourth-order valence-corrected chi connectivity index (χ4v) is 0. The van der Waals surface area contributed by atoms with Crippen molar-refractivity contribution in [1.29, 1.82) is 15.8 Å². The van der Waals surface area contributed by atoms with E-state index in [4.69, 9.17) is 15.8 Å². The standard InChI is InChI=1S/C2N2.CBrN/c3-1-2-4;2-1-3. The molecule has 0 aromatic rings. The first-order chi connectivity index (χ1) is 3.33. The molecule has 0 aromatic heterocycles. The van der Waals surface area contributed by atoms with Crippen LogP contribution in [0.4, 0.5) is 0 Å². The van der Waals surface area contributed by atoms with E-state index in [2.05, 4.69) is 15.9 Å². The van der Waals surface area contributed by atoms with Crippen molar-refractivity contribution in [3.05, 3.63) is 0 Å². The van der Waals surface area contributed by atoms with Gasteiger partial charge in [0.2, 0.25) is 0 Å². The number of rotatable bonds is 0. The van der Waals surface area contributed by atoms with Gasteiger partial charge in [0.15, 0.2) is 12.1 Å². The molecule has 0 aliphatic heterocycles. The Morgan fingerprint density at radius 3 is 1.14 bits per heavy atom. The van der Waals surface area contributed by atoms with Crippen LogP contribution in [-0.4, -0.2) is 0 Å². The van der Waals surface area contributed by atoms with Crippen LogP contribution < -0.4 is 0 Å². The summed E-state index contributed by atoms with van der Waals surface area (Å²) in [5, 5.41) is 21.8. The van der Waals surface area contributed by atoms with Crippen molar-refractivity contribution in [3.8, 4) is 17.1 Å². The normalized spacial score (nSPS) is 2.57. The molecule has 0 N–H and O–H groups in total. The number of hydrogen-bond acceptors (Lipinski definition) is 3. The minimum absolute atomic E-state index is 1.24. The highest BCUT2D eigenvalue weighted by Gasteiger charge is 1.39. The Bertz CT molecular complexity index is 120. The van der Waals surface area contributed by atoms with Crippen molar-refractivity contribution in [3.63, 3.8) is 0 Å². The highest BCUT2D eigenvalue weighted by molar-refractivity contribution is 9.12. The summed E-state index contributed by atoms with van der Waals surface area (Å²) in [6, 6.07) is 2.47. The lowest BCUT2D eigenvalue weighted by Crippen LogP contribution is -1.26. The molecule has 0 rings (SSSR count).